The first-order valence-corrected chi connectivity index (χ1v) is 10.9. The SMILES string of the molecule is CCC1(CC)CC(CCN2CCN(c3ccc4c(c3)CC(C)=N4)CC2)OC1=O. The van der Waals surface area contributed by atoms with Crippen molar-refractivity contribution in [1.29, 1.82) is 0 Å². The van der Waals surface area contributed by atoms with E-state index in [1.165, 1.54) is 17.0 Å². The molecule has 1 aromatic rings. The monoisotopic (exact) mass is 383 g/mol. The molecule has 0 aromatic heterocycles. The number of carbonyl (C=O) groups excluding carboxylic acids is 1. The Labute approximate surface area is 168 Å². The molecule has 0 saturated carbocycles. The molecule has 1 unspecified atom stereocenters. The van der Waals surface area contributed by atoms with Crippen LogP contribution < -0.4 is 4.90 Å². The first-order chi connectivity index (χ1) is 13.5. The van der Waals surface area contributed by atoms with Gasteiger partial charge in [-0.05, 0) is 49.9 Å². The number of rotatable bonds is 6. The summed E-state index contributed by atoms with van der Waals surface area (Å²) in [7, 11) is 0. The molecule has 28 heavy (non-hydrogen) atoms. The van der Waals surface area contributed by atoms with Gasteiger partial charge < -0.3 is 9.64 Å². The van der Waals surface area contributed by atoms with E-state index in [4.69, 9.17) is 4.74 Å². The second-order valence-corrected chi connectivity index (χ2v) is 8.67. The number of hydrogen-bond donors (Lipinski definition) is 0. The third-order valence-electron chi connectivity index (χ3n) is 7.00. The van der Waals surface area contributed by atoms with Gasteiger partial charge in [0.1, 0.15) is 6.10 Å². The quantitative estimate of drug-likeness (QED) is 0.698. The second-order valence-electron chi connectivity index (χ2n) is 8.67. The van der Waals surface area contributed by atoms with Gasteiger partial charge in [-0.15, -0.1) is 0 Å². The van der Waals surface area contributed by atoms with Gasteiger partial charge >= 0.3 is 5.97 Å². The van der Waals surface area contributed by atoms with Crippen molar-refractivity contribution in [2.24, 2.45) is 10.4 Å². The molecule has 1 atom stereocenters. The van der Waals surface area contributed by atoms with Crippen LogP contribution in [-0.2, 0) is 16.0 Å². The van der Waals surface area contributed by atoms with E-state index in [0.717, 1.165) is 70.5 Å². The largest absolute Gasteiger partial charge is 0.462 e. The Balaban J connectivity index is 1.26. The minimum atomic E-state index is -0.223. The first-order valence-electron chi connectivity index (χ1n) is 10.9. The molecule has 0 spiro atoms. The second kappa shape index (κ2) is 7.86. The zero-order valence-electron chi connectivity index (χ0n) is 17.5. The molecule has 0 amide bonds. The van der Waals surface area contributed by atoms with Crippen LogP contribution in [0.15, 0.2) is 23.2 Å². The maximum Gasteiger partial charge on any atom is 0.312 e. The van der Waals surface area contributed by atoms with Crippen LogP contribution in [0.25, 0.3) is 0 Å². The van der Waals surface area contributed by atoms with Crippen LogP contribution in [-0.4, -0.2) is 55.4 Å². The summed E-state index contributed by atoms with van der Waals surface area (Å²) < 4.78 is 5.70. The van der Waals surface area contributed by atoms with E-state index in [9.17, 15) is 4.79 Å². The minimum absolute atomic E-state index is 0.0307. The third-order valence-corrected chi connectivity index (χ3v) is 7.00. The number of ether oxygens (including phenoxy) is 1. The average Bonchev–Trinajstić information content (AvgIpc) is 3.24. The van der Waals surface area contributed by atoms with Gasteiger partial charge in [-0.2, -0.15) is 0 Å². The van der Waals surface area contributed by atoms with Crippen LogP contribution in [0.5, 0.6) is 0 Å². The summed E-state index contributed by atoms with van der Waals surface area (Å²) in [6.45, 7) is 11.6. The Morgan fingerprint density at radius 2 is 1.93 bits per heavy atom. The van der Waals surface area contributed by atoms with Crippen molar-refractivity contribution >= 4 is 23.1 Å². The summed E-state index contributed by atoms with van der Waals surface area (Å²) in [4.78, 5) is 21.9. The summed E-state index contributed by atoms with van der Waals surface area (Å²) in [6, 6.07) is 6.69. The Bertz CT molecular complexity index is 761. The van der Waals surface area contributed by atoms with Gasteiger partial charge in [0.2, 0.25) is 0 Å². The van der Waals surface area contributed by atoms with Crippen LogP contribution in [0, 0.1) is 5.41 Å². The van der Waals surface area contributed by atoms with E-state index < -0.39 is 0 Å². The lowest BCUT2D eigenvalue weighted by Crippen LogP contribution is -2.47. The Kier molecular flexibility index (Phi) is 5.46. The molecule has 1 aromatic carbocycles. The van der Waals surface area contributed by atoms with Crippen molar-refractivity contribution in [2.75, 3.05) is 37.6 Å². The van der Waals surface area contributed by atoms with Crippen molar-refractivity contribution < 1.29 is 9.53 Å². The Morgan fingerprint density at radius 3 is 2.61 bits per heavy atom. The fourth-order valence-corrected chi connectivity index (χ4v) is 4.92. The Morgan fingerprint density at radius 1 is 1.18 bits per heavy atom. The van der Waals surface area contributed by atoms with Crippen molar-refractivity contribution in [3.63, 3.8) is 0 Å². The fraction of sp³-hybridized carbons (Fsp3) is 0.652. The van der Waals surface area contributed by atoms with Crippen LogP contribution >= 0.6 is 0 Å². The minimum Gasteiger partial charge on any atom is -0.462 e. The molecule has 2 fully saturated rings. The summed E-state index contributed by atoms with van der Waals surface area (Å²) in [5.41, 5.74) is 4.81. The summed E-state index contributed by atoms with van der Waals surface area (Å²) in [5.74, 6) is 0.0307. The van der Waals surface area contributed by atoms with Gasteiger partial charge in [0, 0.05) is 57.0 Å². The predicted octanol–water partition coefficient (Wildman–Crippen LogP) is 3.97. The van der Waals surface area contributed by atoms with Gasteiger partial charge in [-0.1, -0.05) is 13.8 Å². The van der Waals surface area contributed by atoms with E-state index >= 15 is 0 Å². The number of nitrogens with zero attached hydrogens (tertiary/aromatic N) is 3. The zero-order chi connectivity index (χ0) is 19.7. The van der Waals surface area contributed by atoms with Gasteiger partial charge in [0.05, 0.1) is 11.1 Å². The number of piperazine rings is 1. The van der Waals surface area contributed by atoms with Gasteiger partial charge in [0.15, 0.2) is 0 Å². The standard InChI is InChI=1S/C23H33N3O2/c1-4-23(5-2)16-20(28-22(23)27)8-9-25-10-12-26(13-11-25)19-6-7-21-18(15-19)14-17(3)24-21/h6-7,15,20H,4-5,8-14,16H2,1-3H3. The van der Waals surface area contributed by atoms with Crippen LogP contribution in [0.4, 0.5) is 11.4 Å². The first kappa shape index (κ1) is 19.4. The number of anilines is 1. The highest BCUT2D eigenvalue weighted by atomic mass is 16.6. The number of benzene rings is 1. The number of fused-ring (bicyclic) bond motifs is 1. The van der Waals surface area contributed by atoms with Crippen LogP contribution in [0.3, 0.4) is 0 Å². The molecule has 3 heterocycles. The molecule has 3 aliphatic heterocycles. The molecular formula is C23H33N3O2. The highest BCUT2D eigenvalue weighted by molar-refractivity contribution is 5.92. The van der Waals surface area contributed by atoms with Crippen LogP contribution in [0.1, 0.15) is 52.0 Å². The molecule has 0 N–H and O–H groups in total. The van der Waals surface area contributed by atoms with E-state index in [1.54, 1.807) is 0 Å². The summed E-state index contributed by atoms with van der Waals surface area (Å²) in [5, 5.41) is 0. The van der Waals surface area contributed by atoms with E-state index in [0.29, 0.717) is 0 Å². The van der Waals surface area contributed by atoms with Crippen LogP contribution in [0.2, 0.25) is 0 Å². The number of cyclic esters (lactones) is 1. The normalized spacial score (nSPS) is 24.2. The van der Waals surface area contributed by atoms with E-state index in [-0.39, 0.29) is 17.5 Å². The molecular weight excluding hydrogens is 350 g/mol. The lowest BCUT2D eigenvalue weighted by atomic mass is 9.79. The summed E-state index contributed by atoms with van der Waals surface area (Å²) >= 11 is 0. The molecule has 3 aliphatic rings. The summed E-state index contributed by atoms with van der Waals surface area (Å²) in [6.07, 6.45) is 4.73. The Hall–Kier alpha value is -1.88. The van der Waals surface area contributed by atoms with Crippen molar-refractivity contribution in [2.45, 2.75) is 59.0 Å². The zero-order valence-corrected chi connectivity index (χ0v) is 17.5. The molecule has 0 radical (unpaired) electrons. The van der Waals surface area contributed by atoms with Crippen molar-refractivity contribution in [3.8, 4) is 0 Å². The number of hydrogen-bond acceptors (Lipinski definition) is 5. The highest BCUT2D eigenvalue weighted by Gasteiger charge is 2.46. The van der Waals surface area contributed by atoms with Gasteiger partial charge in [-0.25, -0.2) is 0 Å². The van der Waals surface area contributed by atoms with Gasteiger partial charge in [-0.3, -0.25) is 14.7 Å². The highest BCUT2D eigenvalue weighted by Crippen LogP contribution is 2.41. The average molecular weight is 384 g/mol. The lowest BCUT2D eigenvalue weighted by Gasteiger charge is -2.36. The molecule has 5 nitrogen and oxygen atoms in total. The number of esters is 1. The van der Waals surface area contributed by atoms with E-state index in [1.807, 2.05) is 0 Å². The third kappa shape index (κ3) is 3.69. The van der Waals surface area contributed by atoms with Gasteiger partial charge in [0.25, 0.3) is 0 Å². The topological polar surface area (TPSA) is 45.1 Å². The molecule has 5 heteroatoms. The molecule has 4 rings (SSSR count). The lowest BCUT2D eigenvalue weighted by molar-refractivity contribution is -0.149. The smallest absolute Gasteiger partial charge is 0.312 e. The molecule has 2 saturated heterocycles. The number of carbonyl (C=O) groups is 1. The van der Waals surface area contributed by atoms with Crippen molar-refractivity contribution in [1.82, 2.24) is 4.90 Å². The fourth-order valence-electron chi connectivity index (χ4n) is 4.92. The predicted molar refractivity (Wildman–Crippen MR) is 114 cm³/mol. The van der Waals surface area contributed by atoms with Crippen molar-refractivity contribution in [3.05, 3.63) is 23.8 Å². The molecule has 0 aliphatic carbocycles. The number of aliphatic imine (C=N–C) groups is 1. The molecule has 0 bridgehead atoms. The maximum absolute atomic E-state index is 12.3. The maximum atomic E-state index is 12.3. The van der Waals surface area contributed by atoms with E-state index in [2.05, 4.69) is 53.8 Å². The molecule has 152 valence electrons.